The van der Waals surface area contributed by atoms with Gasteiger partial charge in [-0.3, -0.25) is 0 Å². The Bertz CT molecular complexity index is 381. The zero-order valence-electron chi connectivity index (χ0n) is 8.96. The minimum absolute atomic E-state index is 0.0880. The molecule has 0 aliphatic heterocycles. The molecule has 0 radical (unpaired) electrons. The minimum atomic E-state index is -2.27. The summed E-state index contributed by atoms with van der Waals surface area (Å²) in [6.45, 7) is 0. The Labute approximate surface area is 101 Å². The topological polar surface area (TPSA) is 156 Å². The van der Waals surface area contributed by atoms with Gasteiger partial charge in [0.1, 0.15) is 11.5 Å². The molecule has 0 heterocycles. The molecule has 100 valence electrons. The lowest BCUT2D eigenvalue weighted by molar-refractivity contribution is -0.165. The lowest BCUT2D eigenvalue weighted by Gasteiger charge is -2.07. The monoisotopic (exact) mass is 260 g/mol. The van der Waals surface area contributed by atoms with E-state index in [1.165, 1.54) is 18.2 Å². The van der Waals surface area contributed by atoms with Crippen molar-refractivity contribution in [3.8, 4) is 11.5 Å². The zero-order chi connectivity index (χ0) is 14.3. The Morgan fingerprint density at radius 1 is 0.889 bits per heavy atom. The van der Waals surface area contributed by atoms with Crippen LogP contribution >= 0.6 is 0 Å². The summed E-state index contributed by atoms with van der Waals surface area (Å²) in [6, 6.07) is 5.85. The molecular weight excluding hydrogens is 248 g/mol. The molecule has 0 spiro atoms. The van der Waals surface area contributed by atoms with E-state index < -0.39 is 24.1 Å². The maximum absolute atomic E-state index is 9.77. The van der Waals surface area contributed by atoms with Crippen LogP contribution in [0.15, 0.2) is 24.3 Å². The number of aromatic hydroxyl groups is 2. The molecule has 0 aliphatic rings. The molecule has 0 saturated carbocycles. The molecule has 2 unspecified atom stereocenters. The van der Waals surface area contributed by atoms with Crippen molar-refractivity contribution in [2.45, 2.75) is 12.2 Å². The van der Waals surface area contributed by atoms with Crippen molar-refractivity contribution < 1.29 is 40.2 Å². The van der Waals surface area contributed by atoms with Crippen LogP contribution in [-0.4, -0.2) is 54.8 Å². The molecule has 1 rings (SSSR count). The normalized spacial score (nSPS) is 12.8. The molecule has 0 saturated heterocycles. The van der Waals surface area contributed by atoms with E-state index in [0.717, 1.165) is 0 Å². The van der Waals surface area contributed by atoms with E-state index in [1.807, 2.05) is 0 Å². The van der Waals surface area contributed by atoms with E-state index >= 15 is 0 Å². The molecule has 0 bridgehead atoms. The van der Waals surface area contributed by atoms with Gasteiger partial charge >= 0.3 is 11.9 Å². The number of rotatable bonds is 3. The van der Waals surface area contributed by atoms with Crippen LogP contribution < -0.4 is 0 Å². The summed E-state index contributed by atoms with van der Waals surface area (Å²) >= 11 is 0. The summed E-state index contributed by atoms with van der Waals surface area (Å²) < 4.78 is 0. The molecule has 0 aromatic heterocycles. The van der Waals surface area contributed by atoms with Gasteiger partial charge in [0.15, 0.2) is 12.2 Å². The number of carboxylic acids is 2. The first kappa shape index (κ1) is 15.7. The number of aliphatic carboxylic acids is 2. The number of phenols is 2. The smallest absolute Gasteiger partial charge is 0.335 e. The first-order valence-corrected chi connectivity index (χ1v) is 4.55. The van der Waals surface area contributed by atoms with Gasteiger partial charge in [0.2, 0.25) is 0 Å². The Morgan fingerprint density at radius 3 is 1.39 bits per heavy atom. The number of hydrogen-bond acceptors (Lipinski definition) is 6. The van der Waals surface area contributed by atoms with Gasteiger partial charge in [-0.2, -0.15) is 0 Å². The second-order valence-corrected chi connectivity index (χ2v) is 3.09. The van der Waals surface area contributed by atoms with Crippen molar-refractivity contribution >= 4 is 11.9 Å². The molecule has 0 fully saturated rings. The van der Waals surface area contributed by atoms with Crippen LogP contribution in [0.25, 0.3) is 0 Å². The van der Waals surface area contributed by atoms with Crippen molar-refractivity contribution in [3.05, 3.63) is 24.3 Å². The predicted molar refractivity (Wildman–Crippen MR) is 57.1 cm³/mol. The standard InChI is InChI=1S/C6H6O2.C4H6O6/c7-5-2-1-3-6(8)4-5;5-1(3(7)8)2(6)4(9)10/h1-4,7-8H;1-2,5-6H,(H,7,8)(H,9,10). The zero-order valence-corrected chi connectivity index (χ0v) is 8.96. The highest BCUT2D eigenvalue weighted by molar-refractivity contribution is 5.83. The summed E-state index contributed by atoms with van der Waals surface area (Å²) in [6.07, 6.45) is -4.53. The highest BCUT2D eigenvalue weighted by atomic mass is 16.4. The summed E-state index contributed by atoms with van der Waals surface area (Å²) in [4.78, 5) is 19.5. The number of benzene rings is 1. The van der Waals surface area contributed by atoms with Gasteiger partial charge in [0, 0.05) is 6.07 Å². The lowest BCUT2D eigenvalue weighted by atomic mass is 10.2. The molecule has 8 nitrogen and oxygen atoms in total. The average Bonchev–Trinajstić information content (AvgIpc) is 2.27. The van der Waals surface area contributed by atoms with E-state index in [9.17, 15) is 9.59 Å². The molecule has 2 atom stereocenters. The number of carboxylic acid groups (broad SMARTS) is 2. The van der Waals surface area contributed by atoms with Crippen molar-refractivity contribution in [2.24, 2.45) is 0 Å². The number of phenolic OH excluding ortho intramolecular Hbond substituents is 2. The van der Waals surface area contributed by atoms with Gasteiger partial charge in [-0.15, -0.1) is 0 Å². The van der Waals surface area contributed by atoms with Gasteiger partial charge < -0.3 is 30.6 Å². The third kappa shape index (κ3) is 5.68. The Morgan fingerprint density at radius 2 is 1.22 bits per heavy atom. The highest BCUT2D eigenvalue weighted by Gasteiger charge is 2.29. The predicted octanol–water partition coefficient (Wildman–Crippen LogP) is -1.02. The SMILES string of the molecule is O=C(O)C(O)C(O)C(=O)O.Oc1cccc(O)c1. The highest BCUT2D eigenvalue weighted by Crippen LogP contribution is 2.14. The van der Waals surface area contributed by atoms with Crippen LogP contribution in [0.5, 0.6) is 11.5 Å². The van der Waals surface area contributed by atoms with Crippen LogP contribution in [0.4, 0.5) is 0 Å². The maximum atomic E-state index is 9.77. The van der Waals surface area contributed by atoms with Crippen LogP contribution in [0.3, 0.4) is 0 Å². The van der Waals surface area contributed by atoms with E-state index in [-0.39, 0.29) is 11.5 Å². The molecule has 1 aromatic carbocycles. The third-order valence-electron chi connectivity index (χ3n) is 1.63. The molecule has 18 heavy (non-hydrogen) atoms. The van der Waals surface area contributed by atoms with Crippen LogP contribution in [-0.2, 0) is 9.59 Å². The number of aliphatic hydroxyl groups is 2. The van der Waals surface area contributed by atoms with E-state index in [4.69, 9.17) is 30.6 Å². The van der Waals surface area contributed by atoms with E-state index in [2.05, 4.69) is 0 Å². The van der Waals surface area contributed by atoms with Gasteiger partial charge in [0.25, 0.3) is 0 Å². The first-order chi connectivity index (χ1) is 8.25. The number of aliphatic hydroxyl groups excluding tert-OH is 2. The summed E-state index contributed by atoms with van der Waals surface area (Å²) in [5.41, 5.74) is 0. The molecule has 8 heteroatoms. The molecule has 1 aromatic rings. The second-order valence-electron chi connectivity index (χ2n) is 3.09. The van der Waals surface area contributed by atoms with Crippen molar-refractivity contribution in [1.29, 1.82) is 0 Å². The Kier molecular flexibility index (Phi) is 6.18. The number of carbonyl (C=O) groups is 2. The summed E-state index contributed by atoms with van der Waals surface area (Å²) in [5, 5.41) is 49.8. The molecule has 0 amide bonds. The largest absolute Gasteiger partial charge is 0.508 e. The van der Waals surface area contributed by atoms with Gasteiger partial charge in [-0.05, 0) is 12.1 Å². The van der Waals surface area contributed by atoms with Crippen molar-refractivity contribution in [2.75, 3.05) is 0 Å². The van der Waals surface area contributed by atoms with Crippen molar-refractivity contribution in [1.82, 2.24) is 0 Å². The Hall–Kier alpha value is -2.32. The number of hydrogen-bond donors (Lipinski definition) is 6. The minimum Gasteiger partial charge on any atom is -0.508 e. The molecule has 0 aliphatic carbocycles. The van der Waals surface area contributed by atoms with Gasteiger partial charge in [-0.1, -0.05) is 6.07 Å². The quantitative estimate of drug-likeness (QED) is 0.403. The van der Waals surface area contributed by atoms with Crippen molar-refractivity contribution in [3.63, 3.8) is 0 Å². The third-order valence-corrected chi connectivity index (χ3v) is 1.63. The fourth-order valence-corrected chi connectivity index (χ4v) is 0.763. The first-order valence-electron chi connectivity index (χ1n) is 4.55. The fraction of sp³-hybridized carbons (Fsp3) is 0.200. The molecule has 6 N–H and O–H groups in total. The summed E-state index contributed by atoms with van der Waals surface area (Å²) in [7, 11) is 0. The van der Waals surface area contributed by atoms with Crippen LogP contribution in [0.2, 0.25) is 0 Å². The fourth-order valence-electron chi connectivity index (χ4n) is 0.763. The maximum Gasteiger partial charge on any atom is 0.335 e. The van der Waals surface area contributed by atoms with E-state index in [0.29, 0.717) is 0 Å². The average molecular weight is 260 g/mol. The van der Waals surface area contributed by atoms with E-state index in [1.54, 1.807) is 6.07 Å². The molecular formula is C10H12O8. The van der Waals surface area contributed by atoms with Crippen LogP contribution in [0.1, 0.15) is 0 Å². The summed E-state index contributed by atoms with van der Waals surface area (Å²) in [5.74, 6) is -3.36. The second kappa shape index (κ2) is 7.09. The van der Waals surface area contributed by atoms with Crippen LogP contribution in [0, 0.1) is 0 Å². The Balaban J connectivity index is 0.000000327. The van der Waals surface area contributed by atoms with Gasteiger partial charge in [0.05, 0.1) is 0 Å². The van der Waals surface area contributed by atoms with Gasteiger partial charge in [-0.25, -0.2) is 9.59 Å². The lowest BCUT2D eigenvalue weighted by Crippen LogP contribution is -2.39.